The maximum absolute atomic E-state index is 12.3. The van der Waals surface area contributed by atoms with Crippen LogP contribution in [0.1, 0.15) is 43.3 Å². The molecule has 1 aliphatic rings. The van der Waals surface area contributed by atoms with Crippen molar-refractivity contribution in [1.82, 2.24) is 0 Å². The Kier molecular flexibility index (Phi) is 4.65. The van der Waals surface area contributed by atoms with E-state index in [0.29, 0.717) is 15.4 Å². The van der Waals surface area contributed by atoms with Crippen LogP contribution >= 0.6 is 38.6 Å². The van der Waals surface area contributed by atoms with Gasteiger partial charge in [0.1, 0.15) is 5.00 Å². The molecule has 0 saturated heterocycles. The van der Waals surface area contributed by atoms with E-state index in [1.54, 1.807) is 6.07 Å². The van der Waals surface area contributed by atoms with Crippen LogP contribution < -0.4 is 5.32 Å². The molecule has 0 unspecified atom stereocenters. The molecule has 1 amide bonds. The lowest BCUT2D eigenvalue weighted by molar-refractivity contribution is 0.0601. The van der Waals surface area contributed by atoms with Crippen LogP contribution in [0.15, 0.2) is 15.9 Å². The highest BCUT2D eigenvalue weighted by molar-refractivity contribution is 9.11. The molecule has 0 fully saturated rings. The molecule has 3 rings (SSSR count). The molecular weight excluding hydrogens is 386 g/mol. The van der Waals surface area contributed by atoms with Crippen molar-refractivity contribution in [2.24, 2.45) is 0 Å². The molecule has 0 aromatic carbocycles. The van der Waals surface area contributed by atoms with E-state index in [0.717, 1.165) is 35.0 Å². The molecule has 2 heterocycles. The normalized spacial score (nSPS) is 13.5. The van der Waals surface area contributed by atoms with Gasteiger partial charge in [0.2, 0.25) is 0 Å². The minimum Gasteiger partial charge on any atom is -0.465 e. The zero-order valence-electron chi connectivity index (χ0n) is 11.9. The number of carbonyl (C=O) groups is 2. The zero-order chi connectivity index (χ0) is 15.7. The van der Waals surface area contributed by atoms with Crippen molar-refractivity contribution in [3.8, 4) is 0 Å². The Morgan fingerprint density at radius 3 is 2.68 bits per heavy atom. The van der Waals surface area contributed by atoms with Crippen LogP contribution in [0.3, 0.4) is 0 Å². The summed E-state index contributed by atoms with van der Waals surface area (Å²) in [5.74, 6) is -0.568. The van der Waals surface area contributed by atoms with Crippen molar-refractivity contribution in [1.29, 1.82) is 0 Å². The van der Waals surface area contributed by atoms with E-state index in [4.69, 9.17) is 4.74 Å². The molecule has 7 heteroatoms. The molecule has 0 aliphatic heterocycles. The SMILES string of the molecule is COC(=O)c1c(NC(=O)c2ccc(Br)s2)sc2c1CCCC2. The fourth-order valence-electron chi connectivity index (χ4n) is 2.57. The van der Waals surface area contributed by atoms with E-state index in [2.05, 4.69) is 21.2 Å². The van der Waals surface area contributed by atoms with Crippen LogP contribution in [-0.4, -0.2) is 19.0 Å². The van der Waals surface area contributed by atoms with Crippen LogP contribution in [0.25, 0.3) is 0 Å². The second kappa shape index (κ2) is 6.52. The Morgan fingerprint density at radius 1 is 1.23 bits per heavy atom. The molecule has 22 heavy (non-hydrogen) atoms. The van der Waals surface area contributed by atoms with Gasteiger partial charge >= 0.3 is 5.97 Å². The summed E-state index contributed by atoms with van der Waals surface area (Å²) in [4.78, 5) is 26.2. The monoisotopic (exact) mass is 399 g/mol. The fourth-order valence-corrected chi connectivity index (χ4v) is 5.13. The Morgan fingerprint density at radius 2 is 2.00 bits per heavy atom. The van der Waals surface area contributed by atoms with Crippen molar-refractivity contribution in [2.75, 3.05) is 12.4 Å². The van der Waals surface area contributed by atoms with E-state index in [1.165, 1.54) is 34.7 Å². The minimum absolute atomic E-state index is 0.195. The summed E-state index contributed by atoms with van der Waals surface area (Å²) in [5.41, 5.74) is 1.58. The van der Waals surface area contributed by atoms with Gasteiger partial charge < -0.3 is 10.1 Å². The molecule has 116 valence electrons. The molecule has 0 atom stereocenters. The van der Waals surface area contributed by atoms with Gasteiger partial charge in [-0.15, -0.1) is 22.7 Å². The van der Waals surface area contributed by atoms with Crippen molar-refractivity contribution in [2.45, 2.75) is 25.7 Å². The van der Waals surface area contributed by atoms with Crippen molar-refractivity contribution in [3.63, 3.8) is 0 Å². The number of ether oxygens (including phenoxy) is 1. The fraction of sp³-hybridized carbons (Fsp3) is 0.333. The summed E-state index contributed by atoms with van der Waals surface area (Å²) in [6.45, 7) is 0. The number of halogens is 1. The first-order valence-corrected chi connectivity index (χ1v) is 9.32. The van der Waals surface area contributed by atoms with Gasteiger partial charge in [-0.25, -0.2) is 4.79 Å². The first-order valence-electron chi connectivity index (χ1n) is 6.89. The number of esters is 1. The second-order valence-corrected chi connectivity index (χ2v) is 8.53. The highest BCUT2D eigenvalue weighted by Crippen LogP contribution is 2.39. The average Bonchev–Trinajstić information content (AvgIpc) is 3.09. The molecule has 0 saturated carbocycles. The van der Waals surface area contributed by atoms with Gasteiger partial charge in [0, 0.05) is 4.88 Å². The van der Waals surface area contributed by atoms with Crippen LogP contribution in [0.5, 0.6) is 0 Å². The number of carbonyl (C=O) groups excluding carboxylic acids is 2. The Bertz CT molecular complexity index is 735. The maximum Gasteiger partial charge on any atom is 0.341 e. The van der Waals surface area contributed by atoms with E-state index >= 15 is 0 Å². The van der Waals surface area contributed by atoms with Gasteiger partial charge in [0.25, 0.3) is 5.91 Å². The third kappa shape index (κ3) is 2.98. The third-order valence-corrected chi connectivity index (χ3v) is 6.41. The second-order valence-electron chi connectivity index (χ2n) is 4.96. The van der Waals surface area contributed by atoms with Crippen LogP contribution in [-0.2, 0) is 17.6 Å². The van der Waals surface area contributed by atoms with Crippen molar-refractivity contribution in [3.05, 3.63) is 36.8 Å². The number of rotatable bonds is 3. The number of hydrogen-bond donors (Lipinski definition) is 1. The van der Waals surface area contributed by atoms with Crippen LogP contribution in [0, 0.1) is 0 Å². The first-order chi connectivity index (χ1) is 10.6. The van der Waals surface area contributed by atoms with E-state index < -0.39 is 0 Å². The Labute approximate surface area is 144 Å². The highest BCUT2D eigenvalue weighted by atomic mass is 79.9. The largest absolute Gasteiger partial charge is 0.465 e. The highest BCUT2D eigenvalue weighted by Gasteiger charge is 2.27. The van der Waals surface area contributed by atoms with Crippen molar-refractivity contribution < 1.29 is 14.3 Å². The number of anilines is 1. The quantitative estimate of drug-likeness (QED) is 0.773. The molecule has 2 aromatic rings. The zero-order valence-corrected chi connectivity index (χ0v) is 15.1. The summed E-state index contributed by atoms with van der Waals surface area (Å²) in [7, 11) is 1.37. The molecule has 1 N–H and O–H groups in total. The molecule has 0 bridgehead atoms. The molecule has 2 aromatic heterocycles. The van der Waals surface area contributed by atoms with Gasteiger partial charge in [-0.1, -0.05) is 0 Å². The summed E-state index contributed by atoms with van der Waals surface area (Å²) in [6.07, 6.45) is 4.03. The number of thiophene rings is 2. The molecule has 1 aliphatic carbocycles. The maximum atomic E-state index is 12.3. The lowest BCUT2D eigenvalue weighted by Crippen LogP contribution is -2.14. The van der Waals surface area contributed by atoms with Gasteiger partial charge in [-0.3, -0.25) is 4.79 Å². The van der Waals surface area contributed by atoms with Crippen LogP contribution in [0.4, 0.5) is 5.00 Å². The minimum atomic E-state index is -0.373. The van der Waals surface area contributed by atoms with Crippen LogP contribution in [0.2, 0.25) is 0 Å². The number of amides is 1. The van der Waals surface area contributed by atoms with E-state index in [1.807, 2.05) is 6.07 Å². The predicted molar refractivity (Wildman–Crippen MR) is 92.3 cm³/mol. The smallest absolute Gasteiger partial charge is 0.341 e. The number of methoxy groups -OCH3 is 1. The summed E-state index contributed by atoms with van der Waals surface area (Å²) >= 11 is 6.21. The Hall–Kier alpha value is -1.18. The third-order valence-electron chi connectivity index (χ3n) is 3.58. The molecule has 0 radical (unpaired) electrons. The summed E-state index contributed by atoms with van der Waals surface area (Å²) in [6, 6.07) is 3.59. The Balaban J connectivity index is 1.94. The average molecular weight is 400 g/mol. The molecular formula is C15H14BrNO3S2. The topological polar surface area (TPSA) is 55.4 Å². The molecule has 0 spiro atoms. The standard InChI is InChI=1S/C15H14BrNO3S2/c1-20-15(19)12-8-4-2-3-5-9(8)22-14(12)17-13(18)10-6-7-11(16)21-10/h6-7H,2-5H2,1H3,(H,17,18). The lowest BCUT2D eigenvalue weighted by Gasteiger charge is -2.11. The number of aryl methyl sites for hydroxylation is 1. The van der Waals surface area contributed by atoms with E-state index in [9.17, 15) is 9.59 Å². The van der Waals surface area contributed by atoms with Gasteiger partial charge in [-0.2, -0.15) is 0 Å². The van der Waals surface area contributed by atoms with E-state index in [-0.39, 0.29) is 11.9 Å². The number of hydrogen-bond acceptors (Lipinski definition) is 5. The van der Waals surface area contributed by atoms with Gasteiger partial charge in [-0.05, 0) is 59.3 Å². The number of nitrogens with one attached hydrogen (secondary N) is 1. The van der Waals surface area contributed by atoms with Gasteiger partial charge in [0.05, 0.1) is 21.3 Å². The number of fused-ring (bicyclic) bond motifs is 1. The summed E-state index contributed by atoms with van der Waals surface area (Å²) < 4.78 is 5.80. The lowest BCUT2D eigenvalue weighted by atomic mass is 9.95. The van der Waals surface area contributed by atoms with Gasteiger partial charge in [0.15, 0.2) is 0 Å². The summed E-state index contributed by atoms with van der Waals surface area (Å²) in [5, 5.41) is 3.49. The predicted octanol–water partition coefficient (Wildman–Crippen LogP) is 4.49. The first kappa shape index (κ1) is 15.7. The molecule has 4 nitrogen and oxygen atoms in total. The van der Waals surface area contributed by atoms with Crippen molar-refractivity contribution >= 4 is 55.5 Å².